The van der Waals surface area contributed by atoms with Crippen LogP contribution < -0.4 is 5.73 Å². The first-order chi connectivity index (χ1) is 8.30. The first kappa shape index (κ1) is 15.1. The molecule has 0 aliphatic rings. The maximum absolute atomic E-state index is 13.6. The first-order valence-electron chi connectivity index (χ1n) is 4.93. The summed E-state index contributed by atoms with van der Waals surface area (Å²) in [5.74, 6) is -5.60. The van der Waals surface area contributed by atoms with Gasteiger partial charge in [0, 0.05) is 5.56 Å². The molecule has 0 saturated carbocycles. The number of ether oxygens (including phenoxy) is 1. The quantitative estimate of drug-likeness (QED) is 0.685. The largest absolute Gasteiger partial charge is 0.462 e. The molecule has 2 N–H and O–H groups in total. The van der Waals surface area contributed by atoms with Gasteiger partial charge in [0.1, 0.15) is 16.3 Å². The van der Waals surface area contributed by atoms with Gasteiger partial charge in [-0.05, 0) is 13.0 Å². The smallest absolute Gasteiger partial charge is 0.379 e. The van der Waals surface area contributed by atoms with E-state index < -0.39 is 17.9 Å². The minimum atomic E-state index is -3.89. The topological polar surface area (TPSA) is 65.2 Å². The van der Waals surface area contributed by atoms with Gasteiger partial charge in [-0.2, -0.15) is 8.78 Å². The van der Waals surface area contributed by atoms with Gasteiger partial charge in [-0.15, -0.1) is 0 Å². The summed E-state index contributed by atoms with van der Waals surface area (Å²) in [6.07, 6.45) is 0. The van der Waals surface area contributed by atoms with Crippen molar-refractivity contribution >= 4 is 29.2 Å². The van der Waals surface area contributed by atoms with Gasteiger partial charge in [0.05, 0.1) is 6.61 Å². The fourth-order valence-electron chi connectivity index (χ4n) is 1.20. The summed E-state index contributed by atoms with van der Waals surface area (Å²) < 4.78 is 31.5. The molecule has 0 amide bonds. The van der Waals surface area contributed by atoms with E-state index in [0.29, 0.717) is 0 Å². The lowest BCUT2D eigenvalue weighted by Gasteiger charge is -2.22. The Morgan fingerprint density at radius 2 is 2.17 bits per heavy atom. The average Bonchev–Trinajstić information content (AvgIpc) is 2.28. The van der Waals surface area contributed by atoms with Crippen LogP contribution in [0.5, 0.6) is 0 Å². The van der Waals surface area contributed by atoms with E-state index >= 15 is 0 Å². The van der Waals surface area contributed by atoms with Crippen molar-refractivity contribution in [3.8, 4) is 0 Å². The number of hydrogen-bond acceptors (Lipinski definition) is 4. The Balaban J connectivity index is 3.05. The molecule has 0 bridgehead atoms. The van der Waals surface area contributed by atoms with Crippen molar-refractivity contribution in [1.29, 1.82) is 0 Å². The molecule has 0 unspecified atom stereocenters. The van der Waals surface area contributed by atoms with Crippen LogP contribution in [0.2, 0.25) is 10.3 Å². The summed E-state index contributed by atoms with van der Waals surface area (Å²) in [6.45, 7) is 1.24. The van der Waals surface area contributed by atoms with E-state index in [2.05, 4.69) is 9.72 Å². The highest BCUT2D eigenvalue weighted by Gasteiger charge is 2.48. The van der Waals surface area contributed by atoms with Gasteiger partial charge < -0.3 is 10.5 Å². The molecule has 0 aliphatic heterocycles. The van der Waals surface area contributed by atoms with E-state index in [1.165, 1.54) is 19.1 Å². The van der Waals surface area contributed by atoms with E-state index in [0.717, 1.165) is 0 Å². The molecule has 1 rings (SSSR count). The van der Waals surface area contributed by atoms with Crippen LogP contribution >= 0.6 is 23.2 Å². The molecule has 0 aromatic carbocycles. The Morgan fingerprint density at radius 1 is 1.56 bits per heavy atom. The third kappa shape index (κ3) is 3.07. The second-order valence-electron chi connectivity index (χ2n) is 3.34. The Labute approximate surface area is 112 Å². The van der Waals surface area contributed by atoms with Crippen molar-refractivity contribution < 1.29 is 18.3 Å². The fraction of sp³-hybridized carbons (Fsp3) is 0.400. The molecule has 100 valence electrons. The van der Waals surface area contributed by atoms with Crippen LogP contribution in [0.3, 0.4) is 0 Å². The molecule has 8 heteroatoms. The minimum absolute atomic E-state index is 0.0374. The molecule has 1 aromatic rings. The van der Waals surface area contributed by atoms with Gasteiger partial charge in [0.25, 0.3) is 0 Å². The average molecular weight is 299 g/mol. The highest BCUT2D eigenvalue weighted by Crippen LogP contribution is 2.34. The minimum Gasteiger partial charge on any atom is -0.462 e. The first-order valence-corrected chi connectivity index (χ1v) is 5.68. The molecule has 1 atom stereocenters. The maximum atomic E-state index is 13.6. The van der Waals surface area contributed by atoms with E-state index in [1.807, 2.05) is 0 Å². The molecule has 0 spiro atoms. The third-order valence-electron chi connectivity index (χ3n) is 2.12. The fourth-order valence-corrected chi connectivity index (χ4v) is 1.67. The zero-order valence-electron chi connectivity index (χ0n) is 9.29. The molecular weight excluding hydrogens is 289 g/mol. The standard InChI is InChI=1S/C10H10Cl2F2N2O2/c1-2-18-9(17)10(13,14)7(15)5-3-4-6(11)16-8(5)12/h3-4,7H,2,15H2,1H3/t7-/m0/s1. The Kier molecular flexibility index (Phi) is 4.84. The lowest BCUT2D eigenvalue weighted by molar-refractivity contribution is -0.174. The van der Waals surface area contributed by atoms with Crippen LogP contribution in [-0.2, 0) is 9.53 Å². The third-order valence-corrected chi connectivity index (χ3v) is 2.63. The summed E-state index contributed by atoms with van der Waals surface area (Å²) >= 11 is 11.2. The number of halogens is 4. The number of nitrogens with two attached hydrogens (primary N) is 1. The van der Waals surface area contributed by atoms with Gasteiger partial charge >= 0.3 is 11.9 Å². The van der Waals surface area contributed by atoms with Crippen molar-refractivity contribution in [2.45, 2.75) is 18.9 Å². The van der Waals surface area contributed by atoms with E-state index in [4.69, 9.17) is 28.9 Å². The molecule has 4 nitrogen and oxygen atoms in total. The van der Waals surface area contributed by atoms with Crippen LogP contribution in [0.15, 0.2) is 12.1 Å². The van der Waals surface area contributed by atoms with Gasteiger partial charge in [-0.3, -0.25) is 0 Å². The highest BCUT2D eigenvalue weighted by atomic mass is 35.5. The van der Waals surface area contributed by atoms with Gasteiger partial charge in [-0.1, -0.05) is 29.3 Å². The summed E-state index contributed by atoms with van der Waals surface area (Å²) in [4.78, 5) is 14.7. The SMILES string of the molecule is CCOC(=O)C(F)(F)[C@@H](N)c1ccc(Cl)nc1Cl. The Morgan fingerprint density at radius 3 is 2.67 bits per heavy atom. The summed E-state index contributed by atoms with van der Waals surface area (Å²) in [5.41, 5.74) is 5.16. The van der Waals surface area contributed by atoms with Crippen molar-refractivity contribution in [2.75, 3.05) is 6.61 Å². The highest BCUT2D eigenvalue weighted by molar-refractivity contribution is 6.32. The molecular formula is C10H10Cl2F2N2O2. The van der Waals surface area contributed by atoms with Gasteiger partial charge in [0.15, 0.2) is 0 Å². The van der Waals surface area contributed by atoms with E-state index in [-0.39, 0.29) is 22.5 Å². The lowest BCUT2D eigenvalue weighted by Crippen LogP contribution is -2.42. The molecule has 1 aromatic heterocycles. The van der Waals surface area contributed by atoms with Gasteiger partial charge in [-0.25, -0.2) is 9.78 Å². The number of hydrogen-bond donors (Lipinski definition) is 1. The molecule has 0 fully saturated rings. The number of aromatic nitrogens is 1. The van der Waals surface area contributed by atoms with Crippen LogP contribution in [0.1, 0.15) is 18.5 Å². The monoisotopic (exact) mass is 298 g/mol. The predicted molar refractivity (Wildman–Crippen MR) is 62.8 cm³/mol. The summed E-state index contributed by atoms with van der Waals surface area (Å²) in [5, 5.41) is -0.241. The number of alkyl halides is 2. The molecule has 0 radical (unpaired) electrons. The second kappa shape index (κ2) is 5.77. The van der Waals surface area contributed by atoms with Crippen molar-refractivity contribution in [2.24, 2.45) is 5.73 Å². The normalized spacial score (nSPS) is 13.2. The summed E-state index contributed by atoms with van der Waals surface area (Å²) in [7, 11) is 0. The number of carbonyl (C=O) groups is 1. The maximum Gasteiger partial charge on any atom is 0.379 e. The number of pyridine rings is 1. The Bertz CT molecular complexity index is 458. The number of rotatable bonds is 4. The zero-order valence-corrected chi connectivity index (χ0v) is 10.8. The number of nitrogens with zero attached hydrogens (tertiary/aromatic N) is 1. The lowest BCUT2D eigenvalue weighted by atomic mass is 10.0. The predicted octanol–water partition coefficient (Wildman–Crippen LogP) is 2.59. The van der Waals surface area contributed by atoms with Crippen molar-refractivity contribution in [3.05, 3.63) is 28.0 Å². The van der Waals surface area contributed by atoms with Crippen molar-refractivity contribution in [1.82, 2.24) is 4.98 Å². The molecule has 18 heavy (non-hydrogen) atoms. The van der Waals surface area contributed by atoms with E-state index in [1.54, 1.807) is 0 Å². The second-order valence-corrected chi connectivity index (χ2v) is 4.08. The van der Waals surface area contributed by atoms with Gasteiger partial charge in [0.2, 0.25) is 0 Å². The van der Waals surface area contributed by atoms with Crippen LogP contribution in [0.25, 0.3) is 0 Å². The van der Waals surface area contributed by atoms with E-state index in [9.17, 15) is 13.6 Å². The number of esters is 1. The Hall–Kier alpha value is -0.980. The van der Waals surface area contributed by atoms with Crippen LogP contribution in [0, 0.1) is 0 Å². The molecule has 0 aliphatic carbocycles. The number of carbonyl (C=O) groups excluding carboxylic acids is 1. The van der Waals surface area contributed by atoms with Crippen molar-refractivity contribution in [3.63, 3.8) is 0 Å². The van der Waals surface area contributed by atoms with Crippen LogP contribution in [0.4, 0.5) is 8.78 Å². The molecule has 0 saturated heterocycles. The zero-order chi connectivity index (χ0) is 13.9. The summed E-state index contributed by atoms with van der Waals surface area (Å²) in [6, 6.07) is 0.494. The molecule has 1 heterocycles. The van der Waals surface area contributed by atoms with Crippen LogP contribution in [-0.4, -0.2) is 23.5 Å².